The molecule has 102 valence electrons. The molecule has 3 N–H and O–H groups in total. The van der Waals surface area contributed by atoms with Gasteiger partial charge in [0.2, 0.25) is 0 Å². The van der Waals surface area contributed by atoms with Gasteiger partial charge in [-0.1, -0.05) is 11.6 Å². The highest BCUT2D eigenvalue weighted by Gasteiger charge is 2.31. The van der Waals surface area contributed by atoms with Crippen LogP contribution in [-0.4, -0.2) is 43.0 Å². The number of nitrogen functional groups attached to an aromatic ring is 1. The summed E-state index contributed by atoms with van der Waals surface area (Å²) in [5.41, 5.74) is 7.44. The largest absolute Gasteiger partial charge is 0.384 e. The molecule has 0 bridgehead atoms. The minimum atomic E-state index is 0.108. The molecule has 3 rings (SSSR count). The summed E-state index contributed by atoms with van der Waals surface area (Å²) in [5.74, 6) is 0.108. The summed E-state index contributed by atoms with van der Waals surface area (Å²) in [7, 11) is 0. The first-order chi connectivity index (χ1) is 9.15. The molecule has 0 unspecified atom stereocenters. The van der Waals surface area contributed by atoms with Gasteiger partial charge in [-0.15, -0.1) is 0 Å². The van der Waals surface area contributed by atoms with Gasteiger partial charge in [-0.2, -0.15) is 0 Å². The fourth-order valence-corrected chi connectivity index (χ4v) is 2.93. The highest BCUT2D eigenvalue weighted by atomic mass is 35.5. The minimum absolute atomic E-state index is 0.108. The van der Waals surface area contributed by atoms with Gasteiger partial charge in [0.05, 0.1) is 0 Å². The molecule has 1 saturated carbocycles. The first-order valence-corrected chi connectivity index (χ1v) is 7.16. The predicted molar refractivity (Wildman–Crippen MR) is 79.3 cm³/mol. The number of anilines is 1. The molecule has 19 heavy (non-hydrogen) atoms. The van der Waals surface area contributed by atoms with E-state index in [-0.39, 0.29) is 5.84 Å². The van der Waals surface area contributed by atoms with Crippen molar-refractivity contribution in [3.05, 3.63) is 28.8 Å². The topological polar surface area (TPSA) is 56.4 Å². The van der Waals surface area contributed by atoms with Crippen LogP contribution in [0.2, 0.25) is 5.02 Å². The van der Waals surface area contributed by atoms with Crippen molar-refractivity contribution < 1.29 is 0 Å². The number of piperazine rings is 1. The zero-order valence-corrected chi connectivity index (χ0v) is 11.7. The van der Waals surface area contributed by atoms with Crippen molar-refractivity contribution in [2.24, 2.45) is 5.73 Å². The zero-order chi connectivity index (χ0) is 13.4. The molecule has 1 aromatic rings. The normalized spacial score (nSPS) is 20.6. The van der Waals surface area contributed by atoms with E-state index in [1.807, 2.05) is 12.1 Å². The Kier molecular flexibility index (Phi) is 3.37. The summed E-state index contributed by atoms with van der Waals surface area (Å²) < 4.78 is 0. The van der Waals surface area contributed by atoms with Gasteiger partial charge in [-0.25, -0.2) is 0 Å². The van der Waals surface area contributed by atoms with Crippen LogP contribution in [0.4, 0.5) is 5.69 Å². The van der Waals surface area contributed by atoms with E-state index in [1.54, 1.807) is 6.07 Å². The fraction of sp³-hybridized carbons (Fsp3) is 0.500. The van der Waals surface area contributed by atoms with E-state index in [0.717, 1.165) is 43.5 Å². The zero-order valence-electron chi connectivity index (χ0n) is 10.9. The van der Waals surface area contributed by atoms with Crippen molar-refractivity contribution in [2.75, 3.05) is 31.1 Å². The molecule has 5 heteroatoms. The van der Waals surface area contributed by atoms with Gasteiger partial charge in [0.15, 0.2) is 0 Å². The van der Waals surface area contributed by atoms with Crippen molar-refractivity contribution in [3.8, 4) is 0 Å². The standard InChI is InChI=1S/C14H19ClN4/c15-10-1-4-12(14(16)17)13(9-10)19-7-5-18(6-8-19)11-2-3-11/h1,4,9,11H,2-3,5-8H2,(H3,16,17). The van der Waals surface area contributed by atoms with E-state index < -0.39 is 0 Å². The molecular weight excluding hydrogens is 260 g/mol. The maximum Gasteiger partial charge on any atom is 0.124 e. The molecule has 0 radical (unpaired) electrons. The molecule has 1 aliphatic heterocycles. The van der Waals surface area contributed by atoms with Crippen molar-refractivity contribution in [2.45, 2.75) is 18.9 Å². The van der Waals surface area contributed by atoms with Gasteiger partial charge in [0.25, 0.3) is 0 Å². The minimum Gasteiger partial charge on any atom is -0.384 e. The molecule has 0 atom stereocenters. The number of nitrogens with two attached hydrogens (primary N) is 1. The van der Waals surface area contributed by atoms with Crippen molar-refractivity contribution in [1.29, 1.82) is 5.41 Å². The summed E-state index contributed by atoms with van der Waals surface area (Å²) in [4.78, 5) is 4.86. The third kappa shape index (κ3) is 2.69. The fourth-order valence-electron chi connectivity index (χ4n) is 2.76. The Morgan fingerprint density at radius 1 is 1.21 bits per heavy atom. The molecular formula is C14H19ClN4. The average Bonchev–Trinajstić information content (AvgIpc) is 3.23. The van der Waals surface area contributed by atoms with Crippen molar-refractivity contribution in [1.82, 2.24) is 4.90 Å². The molecule has 1 aliphatic carbocycles. The Morgan fingerprint density at radius 2 is 1.89 bits per heavy atom. The number of halogens is 1. The Balaban J connectivity index is 1.78. The van der Waals surface area contributed by atoms with Crippen LogP contribution >= 0.6 is 11.6 Å². The summed E-state index contributed by atoms with van der Waals surface area (Å²) in [6, 6.07) is 6.38. The summed E-state index contributed by atoms with van der Waals surface area (Å²) in [6.45, 7) is 4.15. The average molecular weight is 279 g/mol. The van der Waals surface area contributed by atoms with Crippen LogP contribution in [0.1, 0.15) is 18.4 Å². The van der Waals surface area contributed by atoms with Crippen molar-refractivity contribution in [3.63, 3.8) is 0 Å². The van der Waals surface area contributed by atoms with Crippen LogP contribution in [0.15, 0.2) is 18.2 Å². The number of amidine groups is 1. The number of nitrogens with one attached hydrogen (secondary N) is 1. The lowest BCUT2D eigenvalue weighted by Gasteiger charge is -2.37. The number of benzene rings is 1. The lowest BCUT2D eigenvalue weighted by Crippen LogP contribution is -2.47. The van der Waals surface area contributed by atoms with E-state index >= 15 is 0 Å². The van der Waals surface area contributed by atoms with E-state index in [2.05, 4.69) is 9.80 Å². The summed E-state index contributed by atoms with van der Waals surface area (Å²) in [6.07, 6.45) is 2.71. The van der Waals surface area contributed by atoms with Crippen molar-refractivity contribution >= 4 is 23.1 Å². The van der Waals surface area contributed by atoms with Crippen LogP contribution in [-0.2, 0) is 0 Å². The summed E-state index contributed by atoms with van der Waals surface area (Å²) >= 11 is 6.08. The Bertz CT molecular complexity index is 490. The molecule has 2 aliphatic rings. The molecule has 4 nitrogen and oxygen atoms in total. The van der Waals surface area contributed by atoms with E-state index in [0.29, 0.717) is 5.02 Å². The van der Waals surface area contributed by atoms with Crippen LogP contribution in [0, 0.1) is 5.41 Å². The lowest BCUT2D eigenvalue weighted by atomic mass is 10.1. The second kappa shape index (κ2) is 5.02. The highest BCUT2D eigenvalue weighted by Crippen LogP contribution is 2.30. The second-order valence-electron chi connectivity index (χ2n) is 5.33. The van der Waals surface area contributed by atoms with Gasteiger partial charge in [-0.3, -0.25) is 10.3 Å². The molecule has 0 aromatic heterocycles. The highest BCUT2D eigenvalue weighted by molar-refractivity contribution is 6.31. The summed E-state index contributed by atoms with van der Waals surface area (Å²) in [5, 5.41) is 8.38. The Hall–Kier alpha value is -1.26. The predicted octanol–water partition coefficient (Wildman–Crippen LogP) is 1.91. The van der Waals surface area contributed by atoms with Crippen LogP contribution in [0.25, 0.3) is 0 Å². The third-order valence-corrected chi connectivity index (χ3v) is 4.20. The quantitative estimate of drug-likeness (QED) is 0.656. The van der Waals surface area contributed by atoms with E-state index in [1.165, 1.54) is 12.8 Å². The van der Waals surface area contributed by atoms with Gasteiger partial charge in [0, 0.05) is 48.5 Å². The second-order valence-corrected chi connectivity index (χ2v) is 5.77. The SMILES string of the molecule is N=C(N)c1ccc(Cl)cc1N1CCN(C2CC2)CC1. The van der Waals surface area contributed by atoms with Crippen LogP contribution in [0.5, 0.6) is 0 Å². The first-order valence-electron chi connectivity index (χ1n) is 6.78. The first kappa shape index (κ1) is 12.8. The van der Waals surface area contributed by atoms with Crippen LogP contribution in [0.3, 0.4) is 0 Å². The maximum atomic E-state index is 7.68. The van der Waals surface area contributed by atoms with Gasteiger partial charge >= 0.3 is 0 Å². The number of hydrogen-bond donors (Lipinski definition) is 2. The molecule has 1 heterocycles. The molecule has 1 aromatic carbocycles. The smallest absolute Gasteiger partial charge is 0.124 e. The molecule has 0 amide bonds. The lowest BCUT2D eigenvalue weighted by molar-refractivity contribution is 0.248. The Labute approximate surface area is 118 Å². The van der Waals surface area contributed by atoms with E-state index in [9.17, 15) is 0 Å². The Morgan fingerprint density at radius 3 is 2.47 bits per heavy atom. The number of rotatable bonds is 3. The maximum absolute atomic E-state index is 7.68. The van der Waals surface area contributed by atoms with Gasteiger partial charge in [-0.05, 0) is 31.0 Å². The number of hydrogen-bond acceptors (Lipinski definition) is 3. The van der Waals surface area contributed by atoms with Gasteiger partial charge < -0.3 is 10.6 Å². The van der Waals surface area contributed by atoms with E-state index in [4.69, 9.17) is 22.7 Å². The van der Waals surface area contributed by atoms with Crippen LogP contribution < -0.4 is 10.6 Å². The monoisotopic (exact) mass is 278 g/mol. The molecule has 2 fully saturated rings. The van der Waals surface area contributed by atoms with Gasteiger partial charge in [0.1, 0.15) is 5.84 Å². The molecule has 0 spiro atoms. The molecule has 1 saturated heterocycles. The third-order valence-electron chi connectivity index (χ3n) is 3.97. The number of nitrogens with zero attached hydrogens (tertiary/aromatic N) is 2.